The molecular weight excluding hydrogens is 404 g/mol. The van der Waals surface area contributed by atoms with E-state index in [0.29, 0.717) is 11.7 Å². The zero-order valence-corrected chi connectivity index (χ0v) is 18.3. The minimum Gasteiger partial charge on any atom is -0.467 e. The van der Waals surface area contributed by atoms with Crippen molar-refractivity contribution in [1.29, 1.82) is 0 Å². The van der Waals surface area contributed by atoms with Gasteiger partial charge in [0.25, 0.3) is 0 Å². The van der Waals surface area contributed by atoms with Crippen molar-refractivity contribution in [2.24, 2.45) is 0 Å². The number of para-hydroxylation sites is 1. The first-order valence-corrected chi connectivity index (χ1v) is 10.8. The number of thiocarbonyl (C=S) groups is 1. The number of furan rings is 1. The predicted molar refractivity (Wildman–Crippen MR) is 126 cm³/mol. The second-order valence-electron chi connectivity index (χ2n) is 7.82. The van der Waals surface area contributed by atoms with Gasteiger partial charge in [0, 0.05) is 23.3 Å². The van der Waals surface area contributed by atoms with E-state index in [2.05, 4.69) is 57.9 Å². The van der Waals surface area contributed by atoms with Gasteiger partial charge in [0.15, 0.2) is 5.11 Å². The zero-order chi connectivity index (χ0) is 21.4. The van der Waals surface area contributed by atoms with Gasteiger partial charge in [0.2, 0.25) is 0 Å². The molecule has 3 aromatic heterocycles. The van der Waals surface area contributed by atoms with E-state index in [1.807, 2.05) is 48.7 Å². The molecule has 1 fully saturated rings. The predicted octanol–water partition coefficient (Wildman–Crippen LogP) is 5.32. The van der Waals surface area contributed by atoms with Crippen LogP contribution < -0.4 is 10.2 Å². The van der Waals surface area contributed by atoms with Crippen LogP contribution in [0.3, 0.4) is 0 Å². The van der Waals surface area contributed by atoms with Gasteiger partial charge in [-0.15, -0.1) is 0 Å². The molecule has 2 atom stereocenters. The quantitative estimate of drug-likeness (QED) is 0.436. The van der Waals surface area contributed by atoms with Crippen molar-refractivity contribution in [3.63, 3.8) is 0 Å². The second kappa shape index (κ2) is 8.04. The normalized spacial score (nSPS) is 18.4. The number of nitrogens with one attached hydrogen (secondary N) is 1. The first kappa shape index (κ1) is 19.6. The zero-order valence-electron chi connectivity index (χ0n) is 17.5. The summed E-state index contributed by atoms with van der Waals surface area (Å²) in [5, 5.41) is 4.25. The summed E-state index contributed by atoms with van der Waals surface area (Å²) in [4.78, 5) is 6.86. The van der Waals surface area contributed by atoms with Gasteiger partial charge in [-0.1, -0.05) is 24.3 Å². The van der Waals surface area contributed by atoms with Gasteiger partial charge >= 0.3 is 0 Å². The third-order valence-corrected chi connectivity index (χ3v) is 6.27. The second-order valence-corrected chi connectivity index (χ2v) is 8.21. The van der Waals surface area contributed by atoms with Crippen LogP contribution in [0, 0.1) is 13.8 Å². The molecule has 1 aromatic carbocycles. The van der Waals surface area contributed by atoms with E-state index in [1.165, 1.54) is 17.0 Å². The van der Waals surface area contributed by atoms with Crippen molar-refractivity contribution in [1.82, 2.24) is 14.9 Å². The van der Waals surface area contributed by atoms with E-state index < -0.39 is 0 Å². The van der Waals surface area contributed by atoms with Crippen LogP contribution in [-0.4, -0.2) is 14.7 Å². The first-order chi connectivity index (χ1) is 15.1. The van der Waals surface area contributed by atoms with Crippen LogP contribution in [0.5, 0.6) is 0 Å². The maximum absolute atomic E-state index is 5.82. The molecule has 5 nitrogen and oxygen atoms in total. The minimum atomic E-state index is -0.0496. The van der Waals surface area contributed by atoms with Crippen LogP contribution in [0.15, 0.2) is 83.6 Å². The Morgan fingerprint density at radius 3 is 2.55 bits per heavy atom. The lowest BCUT2D eigenvalue weighted by atomic mass is 9.96. The molecule has 4 heterocycles. The number of anilines is 1. The molecule has 0 aliphatic carbocycles. The number of aryl methyl sites for hydroxylation is 1. The Kier molecular flexibility index (Phi) is 5.08. The molecule has 156 valence electrons. The molecule has 0 radical (unpaired) electrons. The minimum absolute atomic E-state index is 0.0126. The Morgan fingerprint density at radius 2 is 1.84 bits per heavy atom. The summed E-state index contributed by atoms with van der Waals surface area (Å²) >= 11 is 5.82. The molecule has 4 aromatic rings. The highest BCUT2D eigenvalue weighted by Crippen LogP contribution is 2.43. The molecule has 0 unspecified atom stereocenters. The van der Waals surface area contributed by atoms with Crippen LogP contribution in [-0.2, 0) is 6.54 Å². The number of hydrogen-bond donors (Lipinski definition) is 1. The maximum Gasteiger partial charge on any atom is 0.174 e. The number of aromatic nitrogens is 2. The topological polar surface area (TPSA) is 46.2 Å². The standard InChI is InChI=1S/C25H24N4OS/c1-17-15-21(18(2)28(17)16-20-11-8-14-30-20)24-23(22-12-6-7-13-26-22)27-25(31)29(24)19-9-4-3-5-10-19/h3-15,23-24H,16H2,1-2H3,(H,27,31)/t23-,24-/m1/s1. The number of rotatable bonds is 5. The average Bonchev–Trinajstić information content (AvgIpc) is 3.50. The molecule has 0 amide bonds. The number of nitrogens with zero attached hydrogens (tertiary/aromatic N) is 3. The molecule has 0 bridgehead atoms. The summed E-state index contributed by atoms with van der Waals surface area (Å²) in [7, 11) is 0. The lowest BCUT2D eigenvalue weighted by molar-refractivity contribution is 0.488. The van der Waals surface area contributed by atoms with Gasteiger partial charge in [-0.3, -0.25) is 4.98 Å². The highest BCUT2D eigenvalue weighted by Gasteiger charge is 2.42. The number of benzene rings is 1. The molecule has 0 saturated carbocycles. The third-order valence-electron chi connectivity index (χ3n) is 5.96. The number of hydrogen-bond acceptors (Lipinski definition) is 3. The van der Waals surface area contributed by atoms with E-state index in [1.54, 1.807) is 6.26 Å². The largest absolute Gasteiger partial charge is 0.467 e. The third kappa shape index (κ3) is 3.53. The van der Waals surface area contributed by atoms with Crippen LogP contribution in [0.1, 0.15) is 40.5 Å². The Bertz CT molecular complexity index is 1190. The van der Waals surface area contributed by atoms with Gasteiger partial charge in [0.05, 0.1) is 30.6 Å². The van der Waals surface area contributed by atoms with E-state index >= 15 is 0 Å². The smallest absolute Gasteiger partial charge is 0.174 e. The van der Waals surface area contributed by atoms with Crippen molar-refractivity contribution in [3.8, 4) is 0 Å². The Hall–Kier alpha value is -3.38. The first-order valence-electron chi connectivity index (χ1n) is 10.4. The number of pyridine rings is 1. The van der Waals surface area contributed by atoms with E-state index in [0.717, 1.165) is 17.1 Å². The monoisotopic (exact) mass is 428 g/mol. The Balaban J connectivity index is 1.63. The van der Waals surface area contributed by atoms with Crippen LogP contribution in [0.2, 0.25) is 0 Å². The average molecular weight is 429 g/mol. The van der Waals surface area contributed by atoms with Crippen molar-refractivity contribution < 1.29 is 4.42 Å². The Labute approximate surface area is 187 Å². The lowest BCUT2D eigenvalue weighted by Gasteiger charge is -2.28. The fraction of sp³-hybridized carbons (Fsp3) is 0.200. The molecule has 31 heavy (non-hydrogen) atoms. The maximum atomic E-state index is 5.82. The van der Waals surface area contributed by atoms with Crippen molar-refractivity contribution in [3.05, 3.63) is 108 Å². The van der Waals surface area contributed by atoms with Gasteiger partial charge in [-0.25, -0.2) is 0 Å². The molecule has 6 heteroatoms. The Morgan fingerprint density at radius 1 is 1.03 bits per heavy atom. The van der Waals surface area contributed by atoms with Gasteiger partial charge in [0.1, 0.15) is 5.76 Å². The highest BCUT2D eigenvalue weighted by atomic mass is 32.1. The van der Waals surface area contributed by atoms with Crippen molar-refractivity contribution in [2.45, 2.75) is 32.5 Å². The van der Waals surface area contributed by atoms with Crippen LogP contribution in [0.25, 0.3) is 0 Å². The van der Waals surface area contributed by atoms with E-state index in [-0.39, 0.29) is 12.1 Å². The van der Waals surface area contributed by atoms with Crippen LogP contribution >= 0.6 is 12.2 Å². The van der Waals surface area contributed by atoms with Crippen molar-refractivity contribution >= 4 is 23.0 Å². The van der Waals surface area contributed by atoms with Gasteiger partial charge in [-0.2, -0.15) is 0 Å². The lowest BCUT2D eigenvalue weighted by Crippen LogP contribution is -2.29. The van der Waals surface area contributed by atoms with Crippen LogP contribution in [0.4, 0.5) is 5.69 Å². The fourth-order valence-corrected chi connectivity index (χ4v) is 4.81. The molecule has 1 saturated heterocycles. The van der Waals surface area contributed by atoms with Gasteiger partial charge in [-0.05, 0) is 74.1 Å². The van der Waals surface area contributed by atoms with E-state index in [9.17, 15) is 0 Å². The summed E-state index contributed by atoms with van der Waals surface area (Å²) in [6.45, 7) is 5.02. The summed E-state index contributed by atoms with van der Waals surface area (Å²) in [6.07, 6.45) is 3.56. The van der Waals surface area contributed by atoms with E-state index in [4.69, 9.17) is 16.6 Å². The highest BCUT2D eigenvalue weighted by molar-refractivity contribution is 7.80. The molecular formula is C25H24N4OS. The molecule has 0 spiro atoms. The SMILES string of the molecule is Cc1cc([C@@H]2[C@@H](c3ccccn3)NC(=S)N2c2ccccc2)c(C)n1Cc1ccco1. The fourth-order valence-electron chi connectivity index (χ4n) is 4.47. The molecule has 1 aliphatic rings. The van der Waals surface area contributed by atoms with Gasteiger partial charge < -0.3 is 19.2 Å². The summed E-state index contributed by atoms with van der Waals surface area (Å²) in [5.74, 6) is 0.939. The molecule has 1 N–H and O–H groups in total. The molecule has 5 rings (SSSR count). The summed E-state index contributed by atoms with van der Waals surface area (Å²) in [6, 6.07) is 22.5. The molecule has 1 aliphatic heterocycles. The summed E-state index contributed by atoms with van der Waals surface area (Å²) in [5.41, 5.74) is 5.67. The van der Waals surface area contributed by atoms with Crippen molar-refractivity contribution in [2.75, 3.05) is 4.90 Å². The summed E-state index contributed by atoms with van der Waals surface area (Å²) < 4.78 is 7.91.